The number of benzene rings is 1. The van der Waals surface area contributed by atoms with Gasteiger partial charge in [-0.2, -0.15) is 0 Å². The summed E-state index contributed by atoms with van der Waals surface area (Å²) in [4.78, 5) is 12.3. The average molecular weight is 381 g/mol. The molecule has 0 radical (unpaired) electrons. The summed E-state index contributed by atoms with van der Waals surface area (Å²) in [5.41, 5.74) is 0.462. The van der Waals surface area contributed by atoms with E-state index in [1.807, 2.05) is 0 Å². The van der Waals surface area contributed by atoms with Gasteiger partial charge in [-0.25, -0.2) is 13.1 Å². The maximum absolute atomic E-state index is 12.1. The summed E-state index contributed by atoms with van der Waals surface area (Å²) in [7, 11) is -3.47. The van der Waals surface area contributed by atoms with E-state index in [1.54, 1.807) is 12.1 Å². The Morgan fingerprint density at radius 2 is 1.73 bits per heavy atom. The summed E-state index contributed by atoms with van der Waals surface area (Å²) in [6.07, 6.45) is 9.07. The van der Waals surface area contributed by atoms with Gasteiger partial charge in [0.25, 0.3) is 5.91 Å². The van der Waals surface area contributed by atoms with Crippen LogP contribution in [0.25, 0.3) is 0 Å². The zero-order valence-corrected chi connectivity index (χ0v) is 15.9. The predicted octanol–water partition coefficient (Wildman–Crippen LogP) is 2.60. The number of carbonyl (C=O) groups is 1. The summed E-state index contributed by atoms with van der Waals surface area (Å²) in [5.74, 6) is -0.193. The van der Waals surface area contributed by atoms with Crippen molar-refractivity contribution in [2.75, 3.05) is 13.2 Å². The van der Waals surface area contributed by atoms with Gasteiger partial charge < -0.3 is 10.1 Å². The monoisotopic (exact) mass is 380 g/mol. The number of sulfonamides is 1. The van der Waals surface area contributed by atoms with Crippen LogP contribution >= 0.6 is 0 Å². The summed E-state index contributed by atoms with van der Waals surface area (Å²) in [6, 6.07) is 6.13. The van der Waals surface area contributed by atoms with Crippen molar-refractivity contribution in [2.45, 2.75) is 68.4 Å². The van der Waals surface area contributed by atoms with Crippen molar-refractivity contribution in [3.05, 3.63) is 29.8 Å². The van der Waals surface area contributed by atoms with Crippen molar-refractivity contribution in [1.82, 2.24) is 10.0 Å². The highest BCUT2D eigenvalue weighted by molar-refractivity contribution is 7.89. The largest absolute Gasteiger partial charge is 0.378 e. The number of amides is 1. The Bertz CT molecular complexity index is 693. The molecule has 0 aliphatic heterocycles. The van der Waals surface area contributed by atoms with Crippen molar-refractivity contribution in [1.29, 1.82) is 0 Å². The first kappa shape index (κ1) is 19.3. The molecule has 1 amide bonds. The lowest BCUT2D eigenvalue weighted by atomic mass is 9.98. The Morgan fingerprint density at radius 3 is 2.38 bits per heavy atom. The van der Waals surface area contributed by atoms with Crippen molar-refractivity contribution in [3.63, 3.8) is 0 Å². The molecule has 1 aromatic rings. The Hall–Kier alpha value is -1.44. The Labute approximate surface area is 155 Å². The fourth-order valence-corrected chi connectivity index (χ4v) is 4.44. The van der Waals surface area contributed by atoms with Gasteiger partial charge in [-0.3, -0.25) is 4.79 Å². The molecule has 0 bridgehead atoms. The van der Waals surface area contributed by atoms with Crippen molar-refractivity contribution in [2.24, 2.45) is 0 Å². The average Bonchev–Trinajstić information content (AvgIpc) is 3.45. The maximum atomic E-state index is 12.1. The molecule has 0 atom stereocenters. The molecule has 2 aliphatic rings. The standard InChI is InChI=1S/C19H28N2O4S/c22-19(20-13-4-14-25-17-5-2-1-3-6-17)15-7-11-18(12-8-15)26(23,24)21-16-9-10-16/h7-8,11-12,16-17,21H,1-6,9-10,13-14H2,(H,20,22). The van der Waals surface area contributed by atoms with Crippen molar-refractivity contribution >= 4 is 15.9 Å². The molecule has 1 aromatic carbocycles. The predicted molar refractivity (Wildman–Crippen MR) is 99.6 cm³/mol. The minimum Gasteiger partial charge on any atom is -0.378 e. The van der Waals surface area contributed by atoms with Crippen LogP contribution in [0.1, 0.15) is 61.7 Å². The number of ether oxygens (including phenoxy) is 1. The molecule has 0 spiro atoms. The van der Waals surface area contributed by atoms with Crippen LogP contribution in [0.3, 0.4) is 0 Å². The van der Waals surface area contributed by atoms with Crippen LogP contribution in [-0.2, 0) is 14.8 Å². The Morgan fingerprint density at radius 1 is 1.04 bits per heavy atom. The first-order valence-corrected chi connectivity index (χ1v) is 11.0. The molecule has 2 aliphatic carbocycles. The molecule has 7 heteroatoms. The second-order valence-corrected chi connectivity index (χ2v) is 8.87. The van der Waals surface area contributed by atoms with E-state index in [1.165, 1.54) is 31.4 Å². The van der Waals surface area contributed by atoms with Gasteiger partial charge in [-0.15, -0.1) is 0 Å². The first-order chi connectivity index (χ1) is 12.5. The third-order valence-corrected chi connectivity index (χ3v) is 6.37. The first-order valence-electron chi connectivity index (χ1n) is 9.57. The van der Waals surface area contributed by atoms with E-state index in [9.17, 15) is 13.2 Å². The Balaban J connectivity index is 1.38. The van der Waals surface area contributed by atoms with E-state index in [0.29, 0.717) is 24.8 Å². The van der Waals surface area contributed by atoms with Crippen LogP contribution in [0.2, 0.25) is 0 Å². The van der Waals surface area contributed by atoms with Gasteiger partial charge in [0.05, 0.1) is 11.0 Å². The quantitative estimate of drug-likeness (QED) is 0.645. The highest BCUT2D eigenvalue weighted by Gasteiger charge is 2.27. The van der Waals surface area contributed by atoms with Crippen LogP contribution in [-0.4, -0.2) is 39.6 Å². The van der Waals surface area contributed by atoms with Crippen LogP contribution in [0.5, 0.6) is 0 Å². The zero-order valence-electron chi connectivity index (χ0n) is 15.1. The zero-order chi connectivity index (χ0) is 18.4. The van der Waals surface area contributed by atoms with Crippen LogP contribution in [0, 0.1) is 0 Å². The molecule has 3 rings (SSSR count). The third-order valence-electron chi connectivity index (χ3n) is 4.84. The smallest absolute Gasteiger partial charge is 0.251 e. The van der Waals surface area contributed by atoms with E-state index in [-0.39, 0.29) is 16.8 Å². The van der Waals surface area contributed by atoms with Gasteiger partial charge in [0.2, 0.25) is 10.0 Å². The van der Waals surface area contributed by atoms with Gasteiger partial charge in [0, 0.05) is 24.8 Å². The van der Waals surface area contributed by atoms with Gasteiger partial charge in [-0.05, 0) is 56.4 Å². The van der Waals surface area contributed by atoms with Crippen LogP contribution < -0.4 is 10.0 Å². The fourth-order valence-electron chi connectivity index (χ4n) is 3.13. The van der Waals surface area contributed by atoms with E-state index in [2.05, 4.69) is 10.0 Å². The number of hydrogen-bond acceptors (Lipinski definition) is 4. The number of hydrogen-bond donors (Lipinski definition) is 2. The SMILES string of the molecule is O=C(NCCCOC1CCCCC1)c1ccc(S(=O)(=O)NC2CC2)cc1. The fraction of sp³-hybridized carbons (Fsp3) is 0.632. The highest BCUT2D eigenvalue weighted by Crippen LogP contribution is 2.22. The lowest BCUT2D eigenvalue weighted by Gasteiger charge is -2.21. The molecular formula is C19H28N2O4S. The molecule has 2 N–H and O–H groups in total. The van der Waals surface area contributed by atoms with Gasteiger partial charge in [-0.1, -0.05) is 19.3 Å². The highest BCUT2D eigenvalue weighted by atomic mass is 32.2. The van der Waals surface area contributed by atoms with E-state index in [0.717, 1.165) is 32.1 Å². The van der Waals surface area contributed by atoms with Crippen LogP contribution in [0.15, 0.2) is 29.2 Å². The summed E-state index contributed by atoms with van der Waals surface area (Å²) in [5, 5.41) is 2.85. The molecule has 144 valence electrons. The number of carbonyl (C=O) groups excluding carboxylic acids is 1. The van der Waals surface area contributed by atoms with E-state index < -0.39 is 10.0 Å². The number of rotatable bonds is 9. The van der Waals surface area contributed by atoms with Crippen molar-refractivity contribution < 1.29 is 17.9 Å². The van der Waals surface area contributed by atoms with Crippen molar-refractivity contribution in [3.8, 4) is 0 Å². The minimum absolute atomic E-state index is 0.0683. The minimum atomic E-state index is -3.47. The lowest BCUT2D eigenvalue weighted by molar-refractivity contribution is 0.0273. The molecule has 0 aromatic heterocycles. The van der Waals surface area contributed by atoms with Gasteiger partial charge in [0.1, 0.15) is 0 Å². The van der Waals surface area contributed by atoms with E-state index >= 15 is 0 Å². The second kappa shape index (κ2) is 8.97. The summed E-state index contributed by atoms with van der Waals surface area (Å²) >= 11 is 0. The van der Waals surface area contributed by atoms with Crippen LogP contribution in [0.4, 0.5) is 0 Å². The lowest BCUT2D eigenvalue weighted by Crippen LogP contribution is -2.27. The molecule has 2 fully saturated rings. The molecule has 2 saturated carbocycles. The molecule has 0 heterocycles. The third kappa shape index (κ3) is 5.79. The number of nitrogens with one attached hydrogen (secondary N) is 2. The molecular weight excluding hydrogens is 352 g/mol. The Kier molecular flexibility index (Phi) is 6.67. The second-order valence-electron chi connectivity index (χ2n) is 7.16. The van der Waals surface area contributed by atoms with Gasteiger partial charge >= 0.3 is 0 Å². The molecule has 6 nitrogen and oxygen atoms in total. The summed E-state index contributed by atoms with van der Waals surface area (Å²) in [6.45, 7) is 1.21. The molecule has 26 heavy (non-hydrogen) atoms. The molecule has 0 saturated heterocycles. The summed E-state index contributed by atoms with van der Waals surface area (Å²) < 4.78 is 32.7. The normalized spacial score (nSPS) is 18.6. The molecule has 0 unspecified atom stereocenters. The maximum Gasteiger partial charge on any atom is 0.251 e. The topological polar surface area (TPSA) is 84.5 Å². The van der Waals surface area contributed by atoms with Gasteiger partial charge in [0.15, 0.2) is 0 Å². The van der Waals surface area contributed by atoms with E-state index in [4.69, 9.17) is 4.74 Å².